The summed E-state index contributed by atoms with van der Waals surface area (Å²) in [6.07, 6.45) is 0.561. The third-order valence-corrected chi connectivity index (χ3v) is 6.19. The third-order valence-electron chi connectivity index (χ3n) is 4.95. The van der Waals surface area contributed by atoms with E-state index >= 15 is 0 Å². The number of nitrogens with one attached hydrogen (secondary N) is 1. The minimum atomic E-state index is -0.498. The Morgan fingerprint density at radius 1 is 1.03 bits per heavy atom. The molecule has 6 heteroatoms. The van der Waals surface area contributed by atoms with E-state index in [2.05, 4.69) is 50.4 Å². The molecule has 168 valence electrons. The number of carbonyl (C=O) groups excluding carboxylic acids is 2. The van der Waals surface area contributed by atoms with Gasteiger partial charge in [-0.3, -0.25) is 9.59 Å². The van der Waals surface area contributed by atoms with Gasteiger partial charge in [-0.05, 0) is 42.5 Å². The number of nitrogens with zero attached hydrogens (tertiary/aromatic N) is 1. The monoisotopic (exact) mass is 460 g/mol. The summed E-state index contributed by atoms with van der Waals surface area (Å²) in [4.78, 5) is 27.8. The second kappa shape index (κ2) is 12.8. The first kappa shape index (κ1) is 25.3. The van der Waals surface area contributed by atoms with Gasteiger partial charge in [-0.25, -0.2) is 0 Å². The lowest BCUT2D eigenvalue weighted by molar-refractivity contribution is -0.139. The molecule has 1 N–H and O–H groups in total. The number of halogens is 1. The second-order valence-corrected chi connectivity index (χ2v) is 9.61. The maximum atomic E-state index is 13.2. The Hall–Kier alpha value is -1.98. The average Bonchev–Trinajstić information content (AvgIpc) is 2.74. The normalized spacial score (nSPS) is 11.9. The van der Waals surface area contributed by atoms with Crippen LogP contribution in [0.15, 0.2) is 48.5 Å². The van der Waals surface area contributed by atoms with E-state index in [1.54, 1.807) is 16.7 Å². The highest BCUT2D eigenvalue weighted by atomic mass is 35.5. The van der Waals surface area contributed by atoms with Crippen molar-refractivity contribution in [1.82, 2.24) is 10.2 Å². The van der Waals surface area contributed by atoms with Gasteiger partial charge in [0.15, 0.2) is 0 Å². The quantitative estimate of drug-likeness (QED) is 0.484. The zero-order valence-electron chi connectivity index (χ0n) is 18.9. The summed E-state index contributed by atoms with van der Waals surface area (Å²) in [6.45, 7) is 9.10. The second-order valence-electron chi connectivity index (χ2n) is 8.19. The summed E-state index contributed by atoms with van der Waals surface area (Å²) in [7, 11) is 0. The fourth-order valence-electron chi connectivity index (χ4n) is 3.15. The van der Waals surface area contributed by atoms with E-state index in [1.165, 1.54) is 11.1 Å². The Morgan fingerprint density at radius 3 is 2.23 bits per heavy atom. The van der Waals surface area contributed by atoms with Gasteiger partial charge in [0.05, 0.1) is 5.75 Å². The molecule has 0 aromatic heterocycles. The minimum Gasteiger partial charge on any atom is -0.354 e. The summed E-state index contributed by atoms with van der Waals surface area (Å²) >= 11 is 7.59. The van der Waals surface area contributed by atoms with Crippen LogP contribution in [-0.2, 0) is 21.9 Å². The first-order chi connectivity index (χ1) is 14.8. The highest BCUT2D eigenvalue weighted by molar-refractivity contribution is 7.99. The number of benzene rings is 2. The molecule has 2 amide bonds. The van der Waals surface area contributed by atoms with Gasteiger partial charge in [-0.2, -0.15) is 0 Å². The van der Waals surface area contributed by atoms with E-state index in [1.807, 2.05) is 31.2 Å². The molecular weight excluding hydrogens is 428 g/mol. The highest BCUT2D eigenvalue weighted by Crippen LogP contribution is 2.19. The van der Waals surface area contributed by atoms with Gasteiger partial charge < -0.3 is 10.2 Å². The molecule has 1 unspecified atom stereocenters. The first-order valence-electron chi connectivity index (χ1n) is 10.7. The maximum absolute atomic E-state index is 13.2. The van der Waals surface area contributed by atoms with E-state index < -0.39 is 6.04 Å². The molecule has 0 saturated carbocycles. The van der Waals surface area contributed by atoms with Crippen LogP contribution < -0.4 is 5.32 Å². The molecule has 2 aromatic rings. The van der Waals surface area contributed by atoms with E-state index in [-0.39, 0.29) is 11.8 Å². The number of carbonyl (C=O) groups is 2. The van der Waals surface area contributed by atoms with Gasteiger partial charge in [0.1, 0.15) is 6.04 Å². The molecule has 31 heavy (non-hydrogen) atoms. The van der Waals surface area contributed by atoms with Gasteiger partial charge >= 0.3 is 0 Å². The molecule has 0 heterocycles. The molecule has 0 saturated heterocycles. The average molecular weight is 461 g/mol. The van der Waals surface area contributed by atoms with Crippen LogP contribution in [0, 0.1) is 12.8 Å². The molecule has 0 aliphatic heterocycles. The number of aryl methyl sites for hydroxylation is 1. The molecule has 4 nitrogen and oxygen atoms in total. The zero-order chi connectivity index (χ0) is 22.8. The Labute approximate surface area is 195 Å². The van der Waals surface area contributed by atoms with E-state index in [9.17, 15) is 9.59 Å². The molecule has 0 fully saturated rings. The number of amides is 2. The van der Waals surface area contributed by atoms with Crippen LogP contribution in [0.4, 0.5) is 0 Å². The lowest BCUT2D eigenvalue weighted by Crippen LogP contribution is -2.50. The van der Waals surface area contributed by atoms with E-state index in [0.717, 1.165) is 11.3 Å². The van der Waals surface area contributed by atoms with Gasteiger partial charge in [0.25, 0.3) is 0 Å². The molecular formula is C25H33ClN2O2S. The van der Waals surface area contributed by atoms with Crippen LogP contribution in [0.2, 0.25) is 5.02 Å². The lowest BCUT2D eigenvalue weighted by Gasteiger charge is -2.31. The molecule has 2 aromatic carbocycles. The van der Waals surface area contributed by atoms with Crippen molar-refractivity contribution in [3.8, 4) is 0 Å². The number of hydrogen-bond acceptors (Lipinski definition) is 3. The summed E-state index contributed by atoms with van der Waals surface area (Å²) in [5.74, 6) is 1.32. The molecule has 1 atom stereocenters. The van der Waals surface area contributed by atoms with Crippen molar-refractivity contribution in [3.63, 3.8) is 0 Å². The van der Waals surface area contributed by atoms with Crippen molar-refractivity contribution in [2.45, 2.75) is 52.5 Å². The number of thioether (sulfide) groups is 1. The van der Waals surface area contributed by atoms with Crippen molar-refractivity contribution >= 4 is 35.2 Å². The third kappa shape index (κ3) is 8.58. The van der Waals surface area contributed by atoms with Gasteiger partial charge in [0.2, 0.25) is 11.8 Å². The Bertz CT molecular complexity index is 838. The van der Waals surface area contributed by atoms with Crippen LogP contribution in [-0.4, -0.2) is 35.1 Å². The highest BCUT2D eigenvalue weighted by Gasteiger charge is 2.28. The van der Waals surface area contributed by atoms with Crippen LogP contribution in [0.5, 0.6) is 0 Å². The van der Waals surface area contributed by atoms with E-state index in [0.29, 0.717) is 36.2 Å². The minimum absolute atomic E-state index is 0.0291. The standard InChI is InChI=1S/C25H33ClN2O2S/c1-5-23(25(30)27-14-18(2)3)28(15-20-10-12-22(26)13-11-20)24(29)17-31-16-21-8-6-19(4)7-9-21/h6-13,18,23H,5,14-17H2,1-4H3,(H,27,30). The van der Waals surface area contributed by atoms with Crippen LogP contribution >= 0.6 is 23.4 Å². The van der Waals surface area contributed by atoms with Crippen molar-refractivity contribution in [1.29, 1.82) is 0 Å². The molecule has 0 aliphatic rings. The molecule has 0 aliphatic carbocycles. The lowest BCUT2D eigenvalue weighted by atomic mass is 10.1. The fourth-order valence-corrected chi connectivity index (χ4v) is 4.15. The molecule has 0 bridgehead atoms. The molecule has 0 spiro atoms. The maximum Gasteiger partial charge on any atom is 0.242 e. The van der Waals surface area contributed by atoms with Crippen molar-refractivity contribution < 1.29 is 9.59 Å². The van der Waals surface area contributed by atoms with E-state index in [4.69, 9.17) is 11.6 Å². The van der Waals surface area contributed by atoms with Crippen molar-refractivity contribution in [2.24, 2.45) is 5.92 Å². The molecule has 0 radical (unpaired) electrons. The smallest absolute Gasteiger partial charge is 0.242 e. The summed E-state index contributed by atoms with van der Waals surface area (Å²) < 4.78 is 0. The summed E-state index contributed by atoms with van der Waals surface area (Å²) in [6, 6.07) is 15.3. The number of rotatable bonds is 11. The fraction of sp³-hybridized carbons (Fsp3) is 0.440. The van der Waals surface area contributed by atoms with Gasteiger partial charge in [-0.15, -0.1) is 11.8 Å². The largest absolute Gasteiger partial charge is 0.354 e. The van der Waals surface area contributed by atoms with Crippen LogP contribution in [0.3, 0.4) is 0 Å². The predicted molar refractivity (Wildman–Crippen MR) is 131 cm³/mol. The molecule has 2 rings (SSSR count). The first-order valence-corrected chi connectivity index (χ1v) is 12.3. The number of hydrogen-bond donors (Lipinski definition) is 1. The summed E-state index contributed by atoms with van der Waals surface area (Å²) in [5.41, 5.74) is 3.36. The SMILES string of the molecule is CCC(C(=O)NCC(C)C)N(Cc1ccc(Cl)cc1)C(=O)CSCc1ccc(C)cc1. The van der Waals surface area contributed by atoms with Gasteiger partial charge in [0, 0.05) is 23.9 Å². The topological polar surface area (TPSA) is 49.4 Å². The Morgan fingerprint density at radius 2 is 1.65 bits per heavy atom. The van der Waals surface area contributed by atoms with Crippen LogP contribution in [0.25, 0.3) is 0 Å². The zero-order valence-corrected chi connectivity index (χ0v) is 20.4. The van der Waals surface area contributed by atoms with Crippen LogP contribution in [0.1, 0.15) is 43.9 Å². The van der Waals surface area contributed by atoms with Gasteiger partial charge in [-0.1, -0.05) is 74.3 Å². The Balaban J connectivity index is 2.10. The Kier molecular flexibility index (Phi) is 10.4. The van der Waals surface area contributed by atoms with Crippen molar-refractivity contribution in [3.05, 3.63) is 70.2 Å². The summed E-state index contributed by atoms with van der Waals surface area (Å²) in [5, 5.41) is 3.64. The van der Waals surface area contributed by atoms with Crippen molar-refractivity contribution in [2.75, 3.05) is 12.3 Å². The predicted octanol–water partition coefficient (Wildman–Crippen LogP) is 5.46.